The third-order valence-electron chi connectivity index (χ3n) is 1.76. The quantitative estimate of drug-likeness (QED) is 0.795. The van der Waals surface area contributed by atoms with Crippen molar-refractivity contribution in [3.63, 3.8) is 0 Å². The number of ether oxygens (including phenoxy) is 2. The van der Waals surface area contributed by atoms with E-state index in [9.17, 15) is 0 Å². The van der Waals surface area contributed by atoms with E-state index >= 15 is 0 Å². The molecule has 0 aliphatic heterocycles. The maximum absolute atomic E-state index is 5.31. The average Bonchev–Trinajstić information content (AvgIpc) is 2.59. The fourth-order valence-corrected chi connectivity index (χ4v) is 1.36. The van der Waals surface area contributed by atoms with E-state index in [1.165, 1.54) is 0 Å². The van der Waals surface area contributed by atoms with Gasteiger partial charge >= 0.3 is 0 Å². The third kappa shape index (κ3) is 3.79. The number of nitrogens with one attached hydrogen (secondary N) is 1. The number of furan rings is 1. The lowest BCUT2D eigenvalue weighted by atomic mass is 10.4. The van der Waals surface area contributed by atoms with Gasteiger partial charge in [0.25, 0.3) is 0 Å². The number of hydrogen-bond acceptors (Lipinski definition) is 4. The van der Waals surface area contributed by atoms with Crippen LogP contribution in [0.2, 0.25) is 0 Å². The first kappa shape index (κ1) is 11.7. The van der Waals surface area contributed by atoms with Crippen LogP contribution < -0.4 is 5.32 Å². The molecule has 0 aliphatic carbocycles. The van der Waals surface area contributed by atoms with Crippen LogP contribution in [0.1, 0.15) is 5.76 Å². The van der Waals surface area contributed by atoms with Crippen molar-refractivity contribution in [2.75, 3.05) is 20.8 Å². The molecular weight excluding hydrogens is 250 g/mol. The zero-order valence-electron chi connectivity index (χ0n) is 8.25. The maximum Gasteiger partial charge on any atom is 0.169 e. The van der Waals surface area contributed by atoms with Gasteiger partial charge in [-0.3, -0.25) is 0 Å². The summed E-state index contributed by atoms with van der Waals surface area (Å²) in [4.78, 5) is 0. The Balaban J connectivity index is 2.21. The fraction of sp³-hybridized carbons (Fsp3) is 0.556. The van der Waals surface area contributed by atoms with E-state index in [2.05, 4.69) is 21.2 Å². The molecule has 5 heteroatoms. The molecule has 1 heterocycles. The van der Waals surface area contributed by atoms with Crippen molar-refractivity contribution < 1.29 is 13.9 Å². The van der Waals surface area contributed by atoms with Gasteiger partial charge in [0.05, 0.1) is 6.54 Å². The highest BCUT2D eigenvalue weighted by molar-refractivity contribution is 9.10. The van der Waals surface area contributed by atoms with Crippen molar-refractivity contribution in [2.24, 2.45) is 0 Å². The molecule has 1 N–H and O–H groups in total. The monoisotopic (exact) mass is 263 g/mol. The summed E-state index contributed by atoms with van der Waals surface area (Å²) in [6.45, 7) is 1.29. The highest BCUT2D eigenvalue weighted by atomic mass is 79.9. The van der Waals surface area contributed by atoms with Gasteiger partial charge in [0.1, 0.15) is 5.76 Å². The SMILES string of the molecule is COC(CNCc1ccc(Br)o1)OC. The van der Waals surface area contributed by atoms with Crippen LogP contribution in [0.25, 0.3) is 0 Å². The van der Waals surface area contributed by atoms with Crippen LogP contribution >= 0.6 is 15.9 Å². The molecule has 1 rings (SSSR count). The predicted molar refractivity (Wildman–Crippen MR) is 55.9 cm³/mol. The van der Waals surface area contributed by atoms with Crippen molar-refractivity contribution >= 4 is 15.9 Å². The predicted octanol–water partition coefficient (Wildman–Crippen LogP) is 1.75. The summed E-state index contributed by atoms with van der Waals surface area (Å²) in [7, 11) is 3.22. The minimum atomic E-state index is -0.214. The van der Waals surface area contributed by atoms with Gasteiger partial charge in [-0.15, -0.1) is 0 Å². The molecule has 0 aromatic carbocycles. The number of hydrogen-bond donors (Lipinski definition) is 1. The third-order valence-corrected chi connectivity index (χ3v) is 2.19. The van der Waals surface area contributed by atoms with Crippen molar-refractivity contribution in [1.29, 1.82) is 0 Å². The van der Waals surface area contributed by atoms with E-state index in [4.69, 9.17) is 13.9 Å². The van der Waals surface area contributed by atoms with E-state index in [1.54, 1.807) is 14.2 Å². The van der Waals surface area contributed by atoms with Crippen LogP contribution in [0.5, 0.6) is 0 Å². The van der Waals surface area contributed by atoms with E-state index in [1.807, 2.05) is 12.1 Å². The van der Waals surface area contributed by atoms with Gasteiger partial charge in [-0.1, -0.05) is 0 Å². The molecular formula is C9H14BrNO3. The molecule has 0 saturated heterocycles. The zero-order chi connectivity index (χ0) is 10.4. The molecule has 0 amide bonds. The first-order valence-electron chi connectivity index (χ1n) is 4.26. The summed E-state index contributed by atoms with van der Waals surface area (Å²) < 4.78 is 16.1. The Kier molecular flexibility index (Phi) is 5.17. The Bertz CT molecular complexity index is 260. The van der Waals surface area contributed by atoms with Crippen LogP contribution in [0.15, 0.2) is 21.2 Å². The second-order valence-corrected chi connectivity index (χ2v) is 3.52. The molecule has 0 fully saturated rings. The van der Waals surface area contributed by atoms with Gasteiger partial charge < -0.3 is 19.2 Å². The standard InChI is InChI=1S/C9H14BrNO3/c1-12-9(13-2)6-11-5-7-3-4-8(10)14-7/h3-4,9,11H,5-6H2,1-2H3. The van der Waals surface area contributed by atoms with Crippen LogP contribution in [0.4, 0.5) is 0 Å². The van der Waals surface area contributed by atoms with E-state index in [0.29, 0.717) is 13.1 Å². The van der Waals surface area contributed by atoms with Gasteiger partial charge in [0.2, 0.25) is 0 Å². The maximum atomic E-state index is 5.31. The Labute approximate surface area is 91.7 Å². The lowest BCUT2D eigenvalue weighted by molar-refractivity contribution is -0.0990. The van der Waals surface area contributed by atoms with Crippen LogP contribution in [0.3, 0.4) is 0 Å². The molecule has 0 atom stereocenters. The molecule has 1 aromatic rings. The average molecular weight is 264 g/mol. The lowest BCUT2D eigenvalue weighted by Crippen LogP contribution is -2.29. The topological polar surface area (TPSA) is 43.6 Å². The van der Waals surface area contributed by atoms with Crippen molar-refractivity contribution in [3.05, 3.63) is 22.6 Å². The minimum absolute atomic E-state index is 0.214. The van der Waals surface area contributed by atoms with Crippen LogP contribution in [0, 0.1) is 0 Å². The number of methoxy groups -OCH3 is 2. The minimum Gasteiger partial charge on any atom is -0.453 e. The normalized spacial score (nSPS) is 11.1. The van der Waals surface area contributed by atoms with Gasteiger partial charge in [-0.2, -0.15) is 0 Å². The molecule has 0 radical (unpaired) electrons. The van der Waals surface area contributed by atoms with Gasteiger partial charge in [-0.05, 0) is 28.1 Å². The number of halogens is 1. The molecule has 0 saturated carbocycles. The summed E-state index contributed by atoms with van der Waals surface area (Å²) in [5, 5.41) is 3.15. The van der Waals surface area contributed by atoms with Gasteiger partial charge in [-0.25, -0.2) is 0 Å². The molecule has 14 heavy (non-hydrogen) atoms. The fourth-order valence-electron chi connectivity index (χ4n) is 1.02. The summed E-state index contributed by atoms with van der Waals surface area (Å²) in [6, 6.07) is 3.77. The van der Waals surface area contributed by atoms with Gasteiger partial charge in [0.15, 0.2) is 11.0 Å². The van der Waals surface area contributed by atoms with Crippen LogP contribution in [-0.4, -0.2) is 27.1 Å². The van der Waals surface area contributed by atoms with Crippen molar-refractivity contribution in [3.8, 4) is 0 Å². The summed E-state index contributed by atoms with van der Waals surface area (Å²) in [6.07, 6.45) is -0.214. The molecule has 0 bridgehead atoms. The Morgan fingerprint density at radius 3 is 2.64 bits per heavy atom. The Morgan fingerprint density at radius 1 is 1.43 bits per heavy atom. The smallest absolute Gasteiger partial charge is 0.169 e. The zero-order valence-corrected chi connectivity index (χ0v) is 9.83. The first-order valence-corrected chi connectivity index (χ1v) is 5.06. The highest BCUT2D eigenvalue weighted by Gasteiger charge is 2.04. The molecule has 80 valence electrons. The largest absolute Gasteiger partial charge is 0.453 e. The summed E-state index contributed by atoms with van der Waals surface area (Å²) >= 11 is 3.24. The summed E-state index contributed by atoms with van der Waals surface area (Å²) in [5.74, 6) is 0.878. The molecule has 1 aromatic heterocycles. The van der Waals surface area contributed by atoms with Crippen molar-refractivity contribution in [1.82, 2.24) is 5.32 Å². The van der Waals surface area contributed by atoms with Crippen LogP contribution in [-0.2, 0) is 16.0 Å². The molecule has 4 nitrogen and oxygen atoms in total. The van der Waals surface area contributed by atoms with E-state index < -0.39 is 0 Å². The van der Waals surface area contributed by atoms with Gasteiger partial charge in [0, 0.05) is 20.8 Å². The second kappa shape index (κ2) is 6.19. The summed E-state index contributed by atoms with van der Waals surface area (Å²) in [5.41, 5.74) is 0. The molecule has 0 unspecified atom stereocenters. The number of rotatable bonds is 6. The second-order valence-electron chi connectivity index (χ2n) is 2.74. The lowest BCUT2D eigenvalue weighted by Gasteiger charge is -2.13. The highest BCUT2D eigenvalue weighted by Crippen LogP contribution is 2.13. The van der Waals surface area contributed by atoms with Crippen molar-refractivity contribution in [2.45, 2.75) is 12.8 Å². The van der Waals surface area contributed by atoms with E-state index in [-0.39, 0.29) is 6.29 Å². The molecule has 0 spiro atoms. The first-order chi connectivity index (χ1) is 6.76. The Hall–Kier alpha value is -0.360. The Morgan fingerprint density at radius 2 is 2.14 bits per heavy atom. The molecule has 0 aliphatic rings. The van der Waals surface area contributed by atoms with E-state index in [0.717, 1.165) is 10.4 Å².